The number of ketones is 3. The zero-order valence-corrected chi connectivity index (χ0v) is 16.2. The monoisotopic (exact) mass is 402 g/mol. The quantitative estimate of drug-likeness (QED) is 0.191. The maximum absolute atomic E-state index is 13.5. The fourth-order valence-electron chi connectivity index (χ4n) is 3.83. The molecule has 1 aliphatic carbocycles. The molecule has 0 aromatic heterocycles. The zero-order valence-electron chi connectivity index (χ0n) is 16.2. The van der Waals surface area contributed by atoms with Gasteiger partial charge in [-0.25, -0.2) is 0 Å². The number of nitrogens with zero attached hydrogens (tertiary/aromatic N) is 6. The van der Waals surface area contributed by atoms with E-state index in [0.717, 1.165) is 0 Å². The summed E-state index contributed by atoms with van der Waals surface area (Å²) in [6.45, 7) is 1.91. The van der Waals surface area contributed by atoms with E-state index in [9.17, 15) is 14.4 Å². The van der Waals surface area contributed by atoms with Crippen molar-refractivity contribution >= 4 is 28.7 Å². The first kappa shape index (κ1) is 20.8. The van der Waals surface area contributed by atoms with Gasteiger partial charge in [0.2, 0.25) is 0 Å². The van der Waals surface area contributed by atoms with Crippen LogP contribution >= 0.6 is 0 Å². The van der Waals surface area contributed by atoms with Crippen molar-refractivity contribution in [2.45, 2.75) is 26.2 Å². The first-order valence-electron chi connectivity index (χ1n) is 9.35. The van der Waals surface area contributed by atoms with E-state index < -0.39 is 22.8 Å². The summed E-state index contributed by atoms with van der Waals surface area (Å²) in [5.41, 5.74) is 16.3. The van der Waals surface area contributed by atoms with E-state index in [1.807, 2.05) is 6.92 Å². The van der Waals surface area contributed by atoms with E-state index in [0.29, 0.717) is 17.8 Å². The van der Waals surface area contributed by atoms with E-state index in [2.05, 4.69) is 20.1 Å². The number of azide groups is 2. The Morgan fingerprint density at radius 1 is 0.900 bits per heavy atom. The van der Waals surface area contributed by atoms with Crippen LogP contribution in [-0.2, 0) is 4.79 Å². The van der Waals surface area contributed by atoms with Crippen LogP contribution in [0.1, 0.15) is 46.9 Å². The Hall–Kier alpha value is -3.93. The van der Waals surface area contributed by atoms with Crippen LogP contribution in [0.15, 0.2) is 58.8 Å². The number of carbonyl (C=O) groups excluding carboxylic acids is 3. The molecule has 1 unspecified atom stereocenters. The lowest BCUT2D eigenvalue weighted by Crippen LogP contribution is -2.50. The topological polar surface area (TPSA) is 149 Å². The highest BCUT2D eigenvalue weighted by molar-refractivity contribution is 6.32. The van der Waals surface area contributed by atoms with E-state index in [1.165, 1.54) is 48.5 Å². The van der Waals surface area contributed by atoms with Crippen molar-refractivity contribution in [2.75, 3.05) is 0 Å². The second-order valence-corrected chi connectivity index (χ2v) is 7.31. The van der Waals surface area contributed by atoms with E-state index in [-0.39, 0.29) is 29.9 Å². The fourth-order valence-corrected chi connectivity index (χ4v) is 3.83. The minimum absolute atomic E-state index is 0.0144. The van der Waals surface area contributed by atoms with Gasteiger partial charge in [0.05, 0.1) is 0 Å². The largest absolute Gasteiger partial charge is 0.298 e. The second kappa shape index (κ2) is 8.61. The predicted molar refractivity (Wildman–Crippen MR) is 110 cm³/mol. The lowest BCUT2D eigenvalue weighted by molar-refractivity contribution is -0.127. The Kier molecular flexibility index (Phi) is 5.97. The molecule has 1 aliphatic rings. The molecule has 0 spiro atoms. The van der Waals surface area contributed by atoms with Gasteiger partial charge in [0.1, 0.15) is 0 Å². The fraction of sp³-hybridized carbons (Fsp3) is 0.286. The molecular formula is C21H18N6O3. The molecule has 150 valence electrons. The Morgan fingerprint density at radius 3 is 1.73 bits per heavy atom. The molecule has 1 atom stereocenters. The number of benzene rings is 2. The van der Waals surface area contributed by atoms with Gasteiger partial charge in [-0.05, 0) is 29.8 Å². The van der Waals surface area contributed by atoms with Crippen molar-refractivity contribution in [3.05, 3.63) is 80.5 Å². The molecule has 9 heteroatoms. The van der Waals surface area contributed by atoms with Crippen LogP contribution in [0.4, 0.5) is 11.4 Å². The molecule has 1 saturated carbocycles. The lowest BCUT2D eigenvalue weighted by atomic mass is 9.62. The average molecular weight is 402 g/mol. The first-order valence-corrected chi connectivity index (χ1v) is 9.35. The maximum atomic E-state index is 13.5. The highest BCUT2D eigenvalue weighted by Crippen LogP contribution is 2.42. The van der Waals surface area contributed by atoms with Crippen LogP contribution in [0.3, 0.4) is 0 Å². The summed E-state index contributed by atoms with van der Waals surface area (Å²) in [7, 11) is 0. The van der Waals surface area contributed by atoms with Gasteiger partial charge in [0.25, 0.3) is 0 Å². The predicted octanol–water partition coefficient (Wildman–Crippen LogP) is 6.01. The summed E-state index contributed by atoms with van der Waals surface area (Å²) in [6, 6.07) is 11.7. The smallest absolute Gasteiger partial charge is 0.184 e. The molecule has 0 radical (unpaired) electrons. The molecule has 0 bridgehead atoms. The van der Waals surface area contributed by atoms with Crippen LogP contribution in [0.2, 0.25) is 0 Å². The number of hydrogen-bond acceptors (Lipinski definition) is 5. The van der Waals surface area contributed by atoms with Crippen molar-refractivity contribution in [3.63, 3.8) is 0 Å². The Labute approximate surface area is 172 Å². The van der Waals surface area contributed by atoms with Gasteiger partial charge >= 0.3 is 0 Å². The van der Waals surface area contributed by atoms with Crippen molar-refractivity contribution in [1.82, 2.24) is 0 Å². The van der Waals surface area contributed by atoms with Crippen LogP contribution < -0.4 is 0 Å². The molecular weight excluding hydrogens is 384 g/mol. The summed E-state index contributed by atoms with van der Waals surface area (Å²) < 4.78 is 0. The minimum Gasteiger partial charge on any atom is -0.298 e. The minimum atomic E-state index is -1.81. The number of Topliss-reactive ketones (excluding diaryl/α,β-unsaturated/α-hetero) is 3. The van der Waals surface area contributed by atoms with E-state index in [1.54, 1.807) is 0 Å². The second-order valence-electron chi connectivity index (χ2n) is 7.31. The van der Waals surface area contributed by atoms with Crippen LogP contribution in [0.5, 0.6) is 0 Å². The number of hydrogen-bond donors (Lipinski definition) is 0. The molecule has 9 nitrogen and oxygen atoms in total. The Balaban J connectivity index is 2.07. The zero-order chi connectivity index (χ0) is 21.7. The molecule has 0 amide bonds. The average Bonchev–Trinajstić information content (AvgIpc) is 2.76. The molecule has 2 aromatic rings. The van der Waals surface area contributed by atoms with E-state index in [4.69, 9.17) is 11.1 Å². The van der Waals surface area contributed by atoms with Gasteiger partial charge in [-0.1, -0.05) is 65.7 Å². The normalized spacial score (nSPS) is 20.6. The number of carbonyl (C=O) groups is 3. The van der Waals surface area contributed by atoms with Gasteiger partial charge < -0.3 is 0 Å². The van der Waals surface area contributed by atoms with Gasteiger partial charge in [-0.3, -0.25) is 14.4 Å². The van der Waals surface area contributed by atoms with Crippen LogP contribution in [0, 0.1) is 11.3 Å². The third-order valence-corrected chi connectivity index (χ3v) is 5.35. The van der Waals surface area contributed by atoms with Gasteiger partial charge in [-0.15, -0.1) is 0 Å². The first-order chi connectivity index (χ1) is 14.4. The van der Waals surface area contributed by atoms with Crippen molar-refractivity contribution in [2.24, 2.45) is 21.6 Å². The summed E-state index contributed by atoms with van der Waals surface area (Å²) in [4.78, 5) is 45.5. The van der Waals surface area contributed by atoms with Crippen LogP contribution in [-0.4, -0.2) is 17.3 Å². The summed E-state index contributed by atoms with van der Waals surface area (Å²) >= 11 is 0. The molecule has 1 fully saturated rings. The molecule has 2 aromatic carbocycles. The summed E-state index contributed by atoms with van der Waals surface area (Å²) in [6.07, 6.45) is 0.888. The standard InChI is InChI=1S/C21H18N6O3/c1-13-2-11-18(28)21(12-13,19(29)14-3-7-16(8-4-14)24-26-22)20(30)15-5-9-17(10-6-15)25-27-23/h3-10,13H,2,11-12H2,1H3. The lowest BCUT2D eigenvalue weighted by Gasteiger charge is -2.36. The highest BCUT2D eigenvalue weighted by Gasteiger charge is 2.54. The van der Waals surface area contributed by atoms with E-state index >= 15 is 0 Å². The van der Waals surface area contributed by atoms with Crippen molar-refractivity contribution in [1.29, 1.82) is 0 Å². The van der Waals surface area contributed by atoms with Gasteiger partial charge in [-0.2, -0.15) is 0 Å². The summed E-state index contributed by atoms with van der Waals surface area (Å²) in [5, 5.41) is 6.94. The molecule has 0 heterocycles. The SMILES string of the molecule is CC1CCC(=O)C(C(=O)c2ccc(N=[N+]=[N-])cc2)(C(=O)c2ccc(N=[N+]=[N-])cc2)C1. The third-order valence-electron chi connectivity index (χ3n) is 5.35. The molecule has 0 aliphatic heterocycles. The summed E-state index contributed by atoms with van der Waals surface area (Å²) in [5.74, 6) is -1.50. The van der Waals surface area contributed by atoms with Gasteiger partial charge in [0.15, 0.2) is 22.8 Å². The highest BCUT2D eigenvalue weighted by atomic mass is 16.2. The maximum Gasteiger partial charge on any atom is 0.184 e. The van der Waals surface area contributed by atoms with Crippen LogP contribution in [0.25, 0.3) is 20.9 Å². The Bertz CT molecular complexity index is 1020. The molecule has 0 saturated heterocycles. The van der Waals surface area contributed by atoms with Crippen molar-refractivity contribution in [3.8, 4) is 0 Å². The van der Waals surface area contributed by atoms with Crippen molar-refractivity contribution < 1.29 is 14.4 Å². The Morgan fingerprint density at radius 2 is 1.33 bits per heavy atom. The number of rotatable bonds is 6. The third kappa shape index (κ3) is 3.80. The molecule has 3 rings (SSSR count). The van der Waals surface area contributed by atoms with Gasteiger partial charge in [0, 0.05) is 38.7 Å². The molecule has 30 heavy (non-hydrogen) atoms. The molecule has 0 N–H and O–H groups in total.